The molecule has 1 aromatic heterocycles. The summed E-state index contributed by atoms with van der Waals surface area (Å²) in [6.07, 6.45) is -1.48. The van der Waals surface area contributed by atoms with Gasteiger partial charge in [-0.3, -0.25) is 14.7 Å². The summed E-state index contributed by atoms with van der Waals surface area (Å²) < 4.78 is 0.389. The molecule has 1 aromatic carbocycles. The molecular weight excluding hydrogens is 326 g/mol. The lowest BCUT2D eigenvalue weighted by Gasteiger charge is -2.12. The highest BCUT2D eigenvalue weighted by atomic mass is 16.4. The number of amides is 1. The van der Waals surface area contributed by atoms with Gasteiger partial charge in [0.05, 0.1) is 10.9 Å². The van der Waals surface area contributed by atoms with Gasteiger partial charge in [-0.15, -0.1) is 4.68 Å². The minimum atomic E-state index is -1.48. The fraction of sp³-hybridized carbons (Fsp3) is 0.188. The fourth-order valence-corrected chi connectivity index (χ4v) is 2.50. The zero-order valence-electron chi connectivity index (χ0n) is 13.8. The van der Waals surface area contributed by atoms with E-state index in [1.165, 1.54) is 0 Å². The van der Waals surface area contributed by atoms with Gasteiger partial charge in [0.15, 0.2) is 5.49 Å². The number of aromatic nitrogens is 2. The molecule has 0 aliphatic carbocycles. The van der Waals surface area contributed by atoms with Gasteiger partial charge >= 0.3 is 6.09 Å². The lowest BCUT2D eigenvalue weighted by Crippen LogP contribution is -2.43. The van der Waals surface area contributed by atoms with Crippen LogP contribution in [0.2, 0.25) is 0 Å². The van der Waals surface area contributed by atoms with Crippen molar-refractivity contribution in [2.45, 2.75) is 6.92 Å². The zero-order chi connectivity index (χ0) is 18.3. The number of H-pyrrole nitrogens is 1. The number of carbonyl (C=O) groups is 2. The smallest absolute Gasteiger partial charge is 0.433 e. The fourth-order valence-electron chi connectivity index (χ4n) is 2.50. The number of anilines is 1. The van der Waals surface area contributed by atoms with E-state index in [1.54, 1.807) is 19.1 Å². The first-order valence-electron chi connectivity index (χ1n) is 7.34. The van der Waals surface area contributed by atoms with Crippen molar-refractivity contribution in [3.05, 3.63) is 45.3 Å². The lowest BCUT2D eigenvalue weighted by molar-refractivity contribution is -0.112. The number of benzene rings is 1. The number of hydrogen-bond donors (Lipinski definition) is 2. The summed E-state index contributed by atoms with van der Waals surface area (Å²) in [6.45, 7) is 1.54. The Morgan fingerprint density at radius 3 is 2.44 bits per heavy atom. The van der Waals surface area contributed by atoms with Crippen molar-refractivity contribution >= 4 is 34.7 Å². The molecule has 3 rings (SSSR count). The molecule has 1 aliphatic heterocycles. The van der Waals surface area contributed by atoms with Gasteiger partial charge < -0.3 is 10.0 Å². The standard InChI is InChI=1S/C16H15N5O4/c1-8-11-13(19-21(15(11)23)16(24)25)18-14(22)12(8)17-9-4-6-10(7-5-9)20(2)3/h4-7H,1-3H3,(H,24,25)(H,18,19,22). The van der Waals surface area contributed by atoms with Crippen LogP contribution in [0.3, 0.4) is 0 Å². The first kappa shape index (κ1) is 16.4. The third-order valence-corrected chi connectivity index (χ3v) is 3.82. The van der Waals surface area contributed by atoms with Crippen LogP contribution in [0.4, 0.5) is 16.2 Å². The average Bonchev–Trinajstić information content (AvgIpc) is 2.88. The molecule has 9 heteroatoms. The summed E-state index contributed by atoms with van der Waals surface area (Å²) in [4.78, 5) is 45.4. The molecule has 0 bridgehead atoms. The minimum Gasteiger partial charge on any atom is -0.463 e. The summed E-state index contributed by atoms with van der Waals surface area (Å²) in [5.74, 6) is -0.638. The van der Waals surface area contributed by atoms with E-state index in [0.29, 0.717) is 10.4 Å². The van der Waals surface area contributed by atoms with E-state index in [9.17, 15) is 14.4 Å². The van der Waals surface area contributed by atoms with E-state index >= 15 is 0 Å². The summed E-state index contributed by atoms with van der Waals surface area (Å²) in [6, 6.07) is 7.17. The Morgan fingerprint density at radius 2 is 1.88 bits per heavy atom. The van der Waals surface area contributed by atoms with Crippen LogP contribution in [0, 0.1) is 0 Å². The second-order valence-corrected chi connectivity index (χ2v) is 5.67. The van der Waals surface area contributed by atoms with Gasteiger partial charge in [-0.25, -0.2) is 9.79 Å². The van der Waals surface area contributed by atoms with Crippen molar-refractivity contribution in [1.82, 2.24) is 9.78 Å². The third-order valence-electron chi connectivity index (χ3n) is 3.82. The van der Waals surface area contributed by atoms with Gasteiger partial charge in [0.1, 0.15) is 5.71 Å². The van der Waals surface area contributed by atoms with Gasteiger partial charge in [-0.1, -0.05) is 0 Å². The quantitative estimate of drug-likeness (QED) is 0.788. The summed E-state index contributed by atoms with van der Waals surface area (Å²) >= 11 is 0. The van der Waals surface area contributed by atoms with Crippen molar-refractivity contribution in [1.29, 1.82) is 0 Å². The molecule has 1 aliphatic rings. The number of nitrogens with zero attached hydrogens (tertiary/aromatic N) is 4. The molecule has 2 aromatic rings. The number of fused-ring (bicyclic) bond motifs is 1. The Kier molecular flexibility index (Phi) is 3.84. The summed E-state index contributed by atoms with van der Waals surface area (Å²) in [7, 11) is 3.81. The molecule has 0 unspecified atom stereocenters. The molecule has 2 heterocycles. The number of aromatic amines is 1. The Bertz CT molecular complexity index is 1090. The topological polar surface area (TPSA) is 120 Å². The predicted octanol–water partition coefficient (Wildman–Crippen LogP) is -0.128. The SMILES string of the molecule is CC1=c2c([nH]n(C(=O)O)c2=O)=NC(=O)C1=Nc1ccc(N(C)C)cc1. The number of rotatable bonds is 2. The summed E-state index contributed by atoms with van der Waals surface area (Å²) in [5, 5.41) is 11.3. The number of nitrogens with one attached hydrogen (secondary N) is 1. The van der Waals surface area contributed by atoms with E-state index in [-0.39, 0.29) is 22.0 Å². The van der Waals surface area contributed by atoms with Crippen molar-refractivity contribution in [2.24, 2.45) is 9.98 Å². The normalized spacial score (nSPS) is 15.1. The number of aliphatic imine (C=N–C) groups is 1. The Morgan fingerprint density at radius 1 is 1.24 bits per heavy atom. The number of hydrogen-bond acceptors (Lipinski definition) is 5. The summed E-state index contributed by atoms with van der Waals surface area (Å²) in [5.41, 5.74) is 0.943. The van der Waals surface area contributed by atoms with Crippen LogP contribution in [0.15, 0.2) is 39.0 Å². The maximum absolute atomic E-state index is 12.2. The van der Waals surface area contributed by atoms with E-state index in [1.807, 2.05) is 31.1 Å². The first-order chi connectivity index (χ1) is 11.8. The van der Waals surface area contributed by atoms with Crippen LogP contribution in [0.1, 0.15) is 6.92 Å². The molecule has 0 atom stereocenters. The van der Waals surface area contributed by atoms with Gasteiger partial charge in [-0.2, -0.15) is 4.99 Å². The monoisotopic (exact) mass is 341 g/mol. The third kappa shape index (κ3) is 2.75. The van der Waals surface area contributed by atoms with Crippen molar-refractivity contribution in [3.8, 4) is 0 Å². The Labute approximate surface area is 141 Å². The Balaban J connectivity index is 2.17. The van der Waals surface area contributed by atoms with Crippen LogP contribution >= 0.6 is 0 Å². The van der Waals surface area contributed by atoms with Crippen LogP contribution in [0.25, 0.3) is 5.57 Å². The van der Waals surface area contributed by atoms with Crippen molar-refractivity contribution in [2.75, 3.05) is 19.0 Å². The molecule has 25 heavy (non-hydrogen) atoms. The maximum Gasteiger partial charge on any atom is 0.433 e. The van der Waals surface area contributed by atoms with Crippen LogP contribution in [-0.4, -0.2) is 46.7 Å². The van der Waals surface area contributed by atoms with Crippen LogP contribution in [0.5, 0.6) is 0 Å². The van der Waals surface area contributed by atoms with Crippen molar-refractivity contribution < 1.29 is 14.7 Å². The first-order valence-corrected chi connectivity index (χ1v) is 7.34. The highest BCUT2D eigenvalue weighted by molar-refractivity contribution is 6.54. The van der Waals surface area contributed by atoms with Gasteiger partial charge in [0.25, 0.3) is 11.5 Å². The second kappa shape index (κ2) is 5.86. The highest BCUT2D eigenvalue weighted by Crippen LogP contribution is 2.19. The van der Waals surface area contributed by atoms with Crippen molar-refractivity contribution in [3.63, 3.8) is 0 Å². The second-order valence-electron chi connectivity index (χ2n) is 5.67. The van der Waals surface area contributed by atoms with E-state index < -0.39 is 17.6 Å². The zero-order valence-corrected chi connectivity index (χ0v) is 13.8. The molecule has 9 nitrogen and oxygen atoms in total. The molecule has 0 saturated heterocycles. The number of carboxylic acid groups (broad SMARTS) is 1. The van der Waals surface area contributed by atoms with Crippen LogP contribution in [-0.2, 0) is 4.79 Å². The van der Waals surface area contributed by atoms with Crippen LogP contribution < -0.4 is 21.2 Å². The van der Waals surface area contributed by atoms with E-state index in [4.69, 9.17) is 5.11 Å². The van der Waals surface area contributed by atoms with Gasteiger partial charge in [0.2, 0.25) is 0 Å². The molecular formula is C16H15N5O4. The van der Waals surface area contributed by atoms with Gasteiger partial charge in [0, 0.05) is 19.8 Å². The molecule has 0 fully saturated rings. The molecule has 128 valence electrons. The molecule has 1 amide bonds. The Hall–Kier alpha value is -3.49. The molecule has 0 radical (unpaired) electrons. The largest absolute Gasteiger partial charge is 0.463 e. The lowest BCUT2D eigenvalue weighted by atomic mass is 10.1. The number of carbonyl (C=O) groups excluding carboxylic acids is 1. The highest BCUT2D eigenvalue weighted by Gasteiger charge is 2.23. The molecule has 0 spiro atoms. The van der Waals surface area contributed by atoms with Gasteiger partial charge in [-0.05, 0) is 36.8 Å². The predicted molar refractivity (Wildman–Crippen MR) is 91.2 cm³/mol. The minimum absolute atomic E-state index is 0.0127. The molecule has 2 N–H and O–H groups in total. The van der Waals surface area contributed by atoms with E-state index in [2.05, 4.69) is 15.1 Å². The molecule has 0 saturated carbocycles. The average molecular weight is 341 g/mol. The maximum atomic E-state index is 12.2. The van der Waals surface area contributed by atoms with E-state index in [0.717, 1.165) is 5.69 Å².